The Kier molecular flexibility index (Phi) is 3.42. The Hall–Kier alpha value is -3.02. The minimum absolute atomic E-state index is 0.252. The van der Waals surface area contributed by atoms with Gasteiger partial charge in [0.15, 0.2) is 0 Å². The largest absolute Gasteiger partial charge is 0.366 e. The van der Waals surface area contributed by atoms with Crippen molar-refractivity contribution in [3.8, 4) is 11.1 Å². The second-order valence-corrected chi connectivity index (χ2v) is 4.72. The molecule has 6 heteroatoms. The van der Waals surface area contributed by atoms with Crippen LogP contribution in [-0.2, 0) is 4.79 Å². The van der Waals surface area contributed by atoms with Crippen molar-refractivity contribution in [2.75, 3.05) is 0 Å². The number of aromatic nitrogens is 2. The number of amides is 1. The molecule has 22 heavy (non-hydrogen) atoms. The first kappa shape index (κ1) is 13.9. The van der Waals surface area contributed by atoms with E-state index in [1.165, 1.54) is 24.4 Å². The molecule has 0 unspecified atom stereocenters. The monoisotopic (exact) mass is 299 g/mol. The Morgan fingerprint density at radius 2 is 2.09 bits per heavy atom. The second kappa shape index (κ2) is 5.40. The lowest BCUT2D eigenvalue weighted by atomic mass is 10.0. The van der Waals surface area contributed by atoms with E-state index in [4.69, 9.17) is 5.73 Å². The minimum Gasteiger partial charge on any atom is -0.366 e. The second-order valence-electron chi connectivity index (χ2n) is 4.72. The number of primary amides is 1. The Morgan fingerprint density at radius 3 is 2.82 bits per heavy atom. The highest BCUT2D eigenvalue weighted by Gasteiger charge is 2.10. The lowest BCUT2D eigenvalue weighted by Crippen LogP contribution is -2.04. The van der Waals surface area contributed by atoms with Gasteiger partial charge in [0.2, 0.25) is 5.91 Å². The van der Waals surface area contributed by atoms with Crippen LogP contribution < -0.4 is 5.73 Å². The third-order valence-electron chi connectivity index (χ3n) is 3.23. The Labute approximate surface area is 124 Å². The van der Waals surface area contributed by atoms with Gasteiger partial charge in [-0.15, -0.1) is 0 Å². The van der Waals surface area contributed by atoms with Crippen molar-refractivity contribution < 1.29 is 13.6 Å². The van der Waals surface area contributed by atoms with Gasteiger partial charge in [-0.25, -0.2) is 13.8 Å². The smallest absolute Gasteiger partial charge is 0.241 e. The van der Waals surface area contributed by atoms with Crippen LogP contribution in [0.25, 0.3) is 28.2 Å². The molecule has 0 aliphatic carbocycles. The lowest BCUT2D eigenvalue weighted by Gasteiger charge is -2.04. The van der Waals surface area contributed by atoms with Gasteiger partial charge in [0, 0.05) is 46.6 Å². The van der Waals surface area contributed by atoms with Crippen molar-refractivity contribution in [3.63, 3.8) is 0 Å². The van der Waals surface area contributed by atoms with Crippen molar-refractivity contribution in [2.24, 2.45) is 5.73 Å². The van der Waals surface area contributed by atoms with E-state index in [-0.39, 0.29) is 5.56 Å². The average molecular weight is 299 g/mol. The third kappa shape index (κ3) is 2.58. The molecule has 0 fully saturated rings. The molecule has 3 N–H and O–H groups in total. The van der Waals surface area contributed by atoms with Crippen LogP contribution in [0.3, 0.4) is 0 Å². The maximum atomic E-state index is 13.9. The quantitative estimate of drug-likeness (QED) is 0.730. The van der Waals surface area contributed by atoms with Gasteiger partial charge in [0.05, 0.1) is 0 Å². The number of rotatable bonds is 3. The summed E-state index contributed by atoms with van der Waals surface area (Å²) >= 11 is 0. The molecule has 0 bridgehead atoms. The molecule has 110 valence electrons. The number of aromatic amines is 1. The van der Waals surface area contributed by atoms with Crippen molar-refractivity contribution in [2.45, 2.75) is 0 Å². The average Bonchev–Trinajstić information content (AvgIpc) is 2.87. The third-order valence-corrected chi connectivity index (χ3v) is 3.23. The van der Waals surface area contributed by atoms with E-state index < -0.39 is 17.5 Å². The van der Waals surface area contributed by atoms with E-state index >= 15 is 0 Å². The van der Waals surface area contributed by atoms with Crippen LogP contribution in [0, 0.1) is 11.6 Å². The zero-order valence-electron chi connectivity index (χ0n) is 11.3. The first-order valence-corrected chi connectivity index (χ1v) is 6.44. The molecule has 1 amide bonds. The van der Waals surface area contributed by atoms with Crippen LogP contribution >= 0.6 is 0 Å². The van der Waals surface area contributed by atoms with Crippen LogP contribution in [0.2, 0.25) is 0 Å². The van der Waals surface area contributed by atoms with E-state index in [9.17, 15) is 13.6 Å². The molecular weight excluding hydrogens is 288 g/mol. The summed E-state index contributed by atoms with van der Waals surface area (Å²) in [6.07, 6.45) is 5.94. The fraction of sp³-hybridized carbons (Fsp3) is 0. The van der Waals surface area contributed by atoms with Crippen LogP contribution in [0.4, 0.5) is 8.78 Å². The highest BCUT2D eigenvalue weighted by atomic mass is 19.1. The number of nitrogens with two attached hydrogens (primary N) is 1. The van der Waals surface area contributed by atoms with Crippen molar-refractivity contribution >= 4 is 23.0 Å². The molecule has 0 saturated heterocycles. The number of nitrogens with zero attached hydrogens (tertiary/aromatic N) is 1. The molecule has 1 aromatic carbocycles. The normalized spacial score (nSPS) is 11.4. The molecule has 0 spiro atoms. The minimum atomic E-state index is -0.661. The van der Waals surface area contributed by atoms with Crippen LogP contribution in [0.1, 0.15) is 5.56 Å². The van der Waals surface area contributed by atoms with E-state index in [2.05, 4.69) is 9.97 Å². The summed E-state index contributed by atoms with van der Waals surface area (Å²) in [6, 6.07) is 5.09. The van der Waals surface area contributed by atoms with E-state index in [0.29, 0.717) is 22.2 Å². The van der Waals surface area contributed by atoms with Crippen molar-refractivity contribution in [3.05, 3.63) is 59.9 Å². The molecule has 0 radical (unpaired) electrons. The fourth-order valence-electron chi connectivity index (χ4n) is 2.20. The number of hydrogen-bond donors (Lipinski definition) is 2. The Bertz CT molecular complexity index is 900. The predicted molar refractivity (Wildman–Crippen MR) is 79.7 cm³/mol. The molecule has 0 atom stereocenters. The zero-order chi connectivity index (χ0) is 15.7. The van der Waals surface area contributed by atoms with E-state index in [1.54, 1.807) is 18.3 Å². The van der Waals surface area contributed by atoms with E-state index in [1.807, 2.05) is 0 Å². The molecule has 4 nitrogen and oxygen atoms in total. The summed E-state index contributed by atoms with van der Waals surface area (Å²) in [5.74, 6) is -1.86. The number of H-pyrrole nitrogens is 1. The van der Waals surface area contributed by atoms with Gasteiger partial charge >= 0.3 is 0 Å². The standard InChI is InChI=1S/C16H11F2N3O/c17-11-2-3-12(14(18)6-11)10-5-13-9(1-4-15(19)22)7-20-16(13)21-8-10/h1-8H,(H2,19,22)(H,20,21). The van der Waals surface area contributed by atoms with Gasteiger partial charge in [-0.1, -0.05) is 0 Å². The highest BCUT2D eigenvalue weighted by molar-refractivity contribution is 5.95. The number of fused-ring (bicyclic) bond motifs is 1. The SMILES string of the molecule is NC(=O)C=Cc1c[nH]c2ncc(-c3ccc(F)cc3F)cc12. The topological polar surface area (TPSA) is 71.8 Å². The molecule has 0 aliphatic heterocycles. The Morgan fingerprint density at radius 1 is 1.27 bits per heavy atom. The van der Waals surface area contributed by atoms with Gasteiger partial charge in [0.1, 0.15) is 17.3 Å². The number of carbonyl (C=O) groups excluding carboxylic acids is 1. The highest BCUT2D eigenvalue weighted by Crippen LogP contribution is 2.27. The van der Waals surface area contributed by atoms with Gasteiger partial charge in [-0.3, -0.25) is 4.79 Å². The Balaban J connectivity index is 2.12. The summed E-state index contributed by atoms with van der Waals surface area (Å²) in [7, 11) is 0. The molecule has 3 rings (SSSR count). The number of pyridine rings is 1. The van der Waals surface area contributed by atoms with Crippen LogP contribution in [0.5, 0.6) is 0 Å². The molecule has 0 aliphatic rings. The van der Waals surface area contributed by atoms with Gasteiger partial charge in [-0.2, -0.15) is 0 Å². The predicted octanol–water partition coefficient (Wildman–Crippen LogP) is 3.01. The van der Waals surface area contributed by atoms with Crippen molar-refractivity contribution in [1.29, 1.82) is 0 Å². The van der Waals surface area contributed by atoms with Gasteiger partial charge in [-0.05, 0) is 24.3 Å². The summed E-state index contributed by atoms with van der Waals surface area (Å²) in [5, 5.41) is 0.707. The first-order valence-electron chi connectivity index (χ1n) is 6.44. The summed E-state index contributed by atoms with van der Waals surface area (Å²) in [4.78, 5) is 18.0. The molecule has 2 heterocycles. The zero-order valence-corrected chi connectivity index (χ0v) is 11.3. The summed E-state index contributed by atoms with van der Waals surface area (Å²) < 4.78 is 26.9. The van der Waals surface area contributed by atoms with E-state index in [0.717, 1.165) is 6.07 Å². The van der Waals surface area contributed by atoms with Gasteiger partial charge < -0.3 is 10.7 Å². The maximum Gasteiger partial charge on any atom is 0.241 e. The van der Waals surface area contributed by atoms with Gasteiger partial charge in [0.25, 0.3) is 0 Å². The number of carbonyl (C=O) groups is 1. The van der Waals surface area contributed by atoms with Crippen LogP contribution in [0.15, 0.2) is 42.7 Å². The molecule has 2 aromatic heterocycles. The number of hydrogen-bond acceptors (Lipinski definition) is 2. The number of benzene rings is 1. The molecule has 3 aromatic rings. The molecule has 0 saturated carbocycles. The summed E-state index contributed by atoms with van der Waals surface area (Å²) in [6.45, 7) is 0. The van der Waals surface area contributed by atoms with Crippen LogP contribution in [-0.4, -0.2) is 15.9 Å². The van der Waals surface area contributed by atoms with Crippen molar-refractivity contribution in [1.82, 2.24) is 9.97 Å². The number of halogens is 2. The maximum absolute atomic E-state index is 13.9. The number of nitrogens with one attached hydrogen (secondary N) is 1. The lowest BCUT2D eigenvalue weighted by molar-refractivity contribution is -0.113. The summed E-state index contributed by atoms with van der Waals surface area (Å²) in [5.41, 5.74) is 7.13. The molecular formula is C16H11F2N3O. The first-order chi connectivity index (χ1) is 10.5. The fourth-order valence-corrected chi connectivity index (χ4v) is 2.20.